The number of amides is 3. The van der Waals surface area contributed by atoms with Gasteiger partial charge in [-0.25, -0.2) is 9.78 Å². The fourth-order valence-electron chi connectivity index (χ4n) is 3.83. The van der Waals surface area contributed by atoms with Crippen LogP contribution in [-0.4, -0.2) is 98.1 Å². The van der Waals surface area contributed by atoms with E-state index >= 15 is 0 Å². The predicted molar refractivity (Wildman–Crippen MR) is 128 cm³/mol. The van der Waals surface area contributed by atoms with E-state index in [1.165, 1.54) is 24.3 Å². The second-order valence-corrected chi connectivity index (χ2v) is 8.65. The number of aromatic amines is 1. The molecule has 0 bridgehead atoms. The van der Waals surface area contributed by atoms with Crippen molar-refractivity contribution in [2.24, 2.45) is 22.2 Å². The van der Waals surface area contributed by atoms with Gasteiger partial charge in [0.15, 0.2) is 5.96 Å². The summed E-state index contributed by atoms with van der Waals surface area (Å²) in [7, 11) is 0. The molecule has 0 spiro atoms. The zero-order valence-corrected chi connectivity index (χ0v) is 20.1. The summed E-state index contributed by atoms with van der Waals surface area (Å²) in [6.45, 7) is 1.85. The first kappa shape index (κ1) is 28.5. The molecule has 1 aliphatic heterocycles. The zero-order valence-electron chi connectivity index (χ0n) is 20.1. The fraction of sp³-hybridized carbons (Fsp3) is 0.619. The highest BCUT2D eigenvalue weighted by molar-refractivity contribution is 5.94. The molecule has 2 rings (SSSR count). The van der Waals surface area contributed by atoms with Crippen LogP contribution in [0.5, 0.6) is 0 Å². The summed E-state index contributed by atoms with van der Waals surface area (Å²) >= 11 is 0. The van der Waals surface area contributed by atoms with E-state index in [0.717, 1.165) is 0 Å². The molecule has 5 atom stereocenters. The van der Waals surface area contributed by atoms with Crippen LogP contribution >= 0.6 is 0 Å². The average Bonchev–Trinajstić information content (AvgIpc) is 3.51. The monoisotopic (exact) mass is 509 g/mol. The normalized spacial score (nSPS) is 18.5. The summed E-state index contributed by atoms with van der Waals surface area (Å²) < 4.78 is 0. The highest BCUT2D eigenvalue weighted by Crippen LogP contribution is 2.19. The summed E-state index contributed by atoms with van der Waals surface area (Å²) in [4.78, 5) is 62.3. The van der Waals surface area contributed by atoms with E-state index in [2.05, 4.69) is 25.6 Å². The Morgan fingerprint density at radius 2 is 2.00 bits per heavy atom. The number of H-pyrrole nitrogens is 1. The molecule has 5 unspecified atom stereocenters. The van der Waals surface area contributed by atoms with Crippen LogP contribution in [-0.2, 0) is 25.6 Å². The number of aliphatic imine (C=N–C) groups is 1. The first-order valence-corrected chi connectivity index (χ1v) is 11.6. The number of aliphatic hydroxyl groups is 1. The number of rotatable bonds is 13. The first-order chi connectivity index (χ1) is 17.0. The lowest BCUT2D eigenvalue weighted by atomic mass is 10.1. The van der Waals surface area contributed by atoms with Crippen LogP contribution in [0.3, 0.4) is 0 Å². The minimum absolute atomic E-state index is 0.0438. The van der Waals surface area contributed by atoms with Gasteiger partial charge in [-0.05, 0) is 32.6 Å². The number of nitrogens with one attached hydrogen (secondary N) is 3. The summed E-state index contributed by atoms with van der Waals surface area (Å²) in [5.74, 6) is -3.25. The minimum Gasteiger partial charge on any atom is -0.480 e. The van der Waals surface area contributed by atoms with E-state index < -0.39 is 54.0 Å². The SMILES string of the molecule is CC(O)C(N)C(=O)N1CCCC1C(=O)NC(CCCN=C(N)N)C(=O)NC(Cc1cnc[nH]1)C(=O)O. The molecule has 1 aliphatic rings. The highest BCUT2D eigenvalue weighted by Gasteiger charge is 2.38. The summed E-state index contributed by atoms with van der Waals surface area (Å²) in [6, 6.07) is -4.45. The lowest BCUT2D eigenvalue weighted by Crippen LogP contribution is -2.57. The Morgan fingerprint density at radius 3 is 2.58 bits per heavy atom. The minimum atomic E-state index is -1.27. The zero-order chi connectivity index (χ0) is 26.8. The number of aromatic nitrogens is 2. The molecule has 3 amide bonds. The van der Waals surface area contributed by atoms with Crippen molar-refractivity contribution in [3.8, 4) is 0 Å². The number of aliphatic carboxylic acids is 1. The van der Waals surface area contributed by atoms with Crippen LogP contribution in [0.4, 0.5) is 0 Å². The Hall–Kier alpha value is -3.72. The van der Waals surface area contributed by atoms with Crippen molar-refractivity contribution in [1.29, 1.82) is 0 Å². The average molecular weight is 510 g/mol. The Morgan fingerprint density at radius 1 is 1.28 bits per heavy atom. The molecule has 0 aliphatic carbocycles. The molecule has 0 aromatic carbocycles. The van der Waals surface area contributed by atoms with Crippen molar-refractivity contribution in [1.82, 2.24) is 25.5 Å². The molecule has 15 nitrogen and oxygen atoms in total. The second-order valence-electron chi connectivity index (χ2n) is 8.65. The van der Waals surface area contributed by atoms with Gasteiger partial charge in [0.1, 0.15) is 24.2 Å². The molecular formula is C21H35N9O6. The van der Waals surface area contributed by atoms with Crippen LogP contribution < -0.4 is 27.8 Å². The third-order valence-corrected chi connectivity index (χ3v) is 5.82. The van der Waals surface area contributed by atoms with Gasteiger partial charge in [-0.15, -0.1) is 0 Å². The summed E-state index contributed by atoms with van der Waals surface area (Å²) in [5, 5.41) is 24.3. The van der Waals surface area contributed by atoms with Gasteiger partial charge in [0.2, 0.25) is 17.7 Å². The molecule has 0 saturated carbocycles. The van der Waals surface area contributed by atoms with Crippen LogP contribution in [0, 0.1) is 0 Å². The molecule has 36 heavy (non-hydrogen) atoms. The first-order valence-electron chi connectivity index (χ1n) is 11.6. The molecule has 1 aromatic heterocycles. The maximum absolute atomic E-state index is 13.1. The van der Waals surface area contributed by atoms with Crippen molar-refractivity contribution in [2.45, 2.75) is 69.3 Å². The predicted octanol–water partition coefficient (Wildman–Crippen LogP) is -3.24. The Kier molecular flexibility index (Phi) is 10.6. The Labute approximate surface area is 207 Å². The maximum atomic E-state index is 13.1. The van der Waals surface area contributed by atoms with Crippen LogP contribution in [0.1, 0.15) is 38.3 Å². The van der Waals surface area contributed by atoms with E-state index in [4.69, 9.17) is 17.2 Å². The number of likely N-dealkylation sites (tertiary alicyclic amines) is 1. The molecule has 11 N–H and O–H groups in total. The van der Waals surface area contributed by atoms with E-state index in [1.54, 1.807) is 0 Å². The molecule has 0 radical (unpaired) electrons. The topological polar surface area (TPSA) is 255 Å². The maximum Gasteiger partial charge on any atom is 0.326 e. The van der Waals surface area contributed by atoms with Gasteiger partial charge in [0, 0.05) is 31.4 Å². The number of carbonyl (C=O) groups excluding carboxylic acids is 3. The van der Waals surface area contributed by atoms with Crippen molar-refractivity contribution in [3.63, 3.8) is 0 Å². The van der Waals surface area contributed by atoms with Crippen molar-refractivity contribution in [2.75, 3.05) is 13.1 Å². The van der Waals surface area contributed by atoms with Gasteiger partial charge in [-0.2, -0.15) is 0 Å². The van der Waals surface area contributed by atoms with Gasteiger partial charge < -0.3 is 47.9 Å². The molecule has 1 saturated heterocycles. The van der Waals surface area contributed by atoms with Gasteiger partial charge in [0.25, 0.3) is 0 Å². The van der Waals surface area contributed by atoms with E-state index in [1.807, 2.05) is 0 Å². The van der Waals surface area contributed by atoms with Crippen molar-refractivity contribution in [3.05, 3.63) is 18.2 Å². The van der Waals surface area contributed by atoms with Gasteiger partial charge in [-0.1, -0.05) is 0 Å². The van der Waals surface area contributed by atoms with Gasteiger partial charge in [0.05, 0.1) is 12.4 Å². The lowest BCUT2D eigenvalue weighted by Gasteiger charge is -2.29. The number of carboxylic acids is 1. The van der Waals surface area contributed by atoms with E-state index in [0.29, 0.717) is 25.0 Å². The number of imidazole rings is 1. The third-order valence-electron chi connectivity index (χ3n) is 5.82. The molecule has 2 heterocycles. The number of aliphatic hydroxyl groups excluding tert-OH is 1. The van der Waals surface area contributed by atoms with Crippen LogP contribution in [0.2, 0.25) is 0 Å². The van der Waals surface area contributed by atoms with Gasteiger partial charge >= 0.3 is 5.97 Å². The smallest absolute Gasteiger partial charge is 0.326 e. The quantitative estimate of drug-likeness (QED) is 0.0748. The number of guanidine groups is 1. The molecule has 1 aromatic rings. The van der Waals surface area contributed by atoms with E-state index in [-0.39, 0.29) is 31.9 Å². The second kappa shape index (κ2) is 13.4. The molecule has 1 fully saturated rings. The lowest BCUT2D eigenvalue weighted by molar-refractivity contribution is -0.143. The fourth-order valence-corrected chi connectivity index (χ4v) is 3.83. The standard InChI is InChI=1S/C21H35N9O6/c1-11(31)16(22)19(34)30-7-3-5-15(30)18(33)28-13(4-2-6-26-21(23)24)17(32)29-14(20(35)36)8-12-9-25-10-27-12/h9-11,13-16,31H,2-8,22H2,1H3,(H,25,27)(H,28,33)(H,29,32)(H,35,36)(H4,23,24,26). The molecule has 15 heteroatoms. The van der Waals surface area contributed by atoms with Crippen molar-refractivity contribution >= 4 is 29.7 Å². The number of nitrogens with zero attached hydrogens (tertiary/aromatic N) is 3. The number of carboxylic acid groups (broad SMARTS) is 1. The number of hydrogen-bond acceptors (Lipinski definition) is 8. The number of carbonyl (C=O) groups is 4. The summed E-state index contributed by atoms with van der Waals surface area (Å²) in [5.41, 5.74) is 16.9. The Bertz CT molecular complexity index is 932. The largest absolute Gasteiger partial charge is 0.480 e. The number of nitrogens with two attached hydrogens (primary N) is 3. The molecule has 200 valence electrons. The number of hydrogen-bond donors (Lipinski definition) is 8. The van der Waals surface area contributed by atoms with Crippen molar-refractivity contribution < 1.29 is 29.4 Å². The summed E-state index contributed by atoms with van der Waals surface area (Å²) in [6.07, 6.45) is 3.01. The van der Waals surface area contributed by atoms with Crippen LogP contribution in [0.25, 0.3) is 0 Å². The van der Waals surface area contributed by atoms with Crippen LogP contribution in [0.15, 0.2) is 17.5 Å². The molecular weight excluding hydrogens is 474 g/mol. The van der Waals surface area contributed by atoms with Gasteiger partial charge in [-0.3, -0.25) is 19.4 Å². The Balaban J connectivity index is 2.13. The highest BCUT2D eigenvalue weighted by atomic mass is 16.4. The van der Waals surface area contributed by atoms with E-state index in [9.17, 15) is 29.4 Å². The third kappa shape index (κ3) is 8.20.